The van der Waals surface area contributed by atoms with E-state index in [1.165, 1.54) is 5.56 Å². The van der Waals surface area contributed by atoms with Gasteiger partial charge in [0.05, 0.1) is 12.5 Å². The summed E-state index contributed by atoms with van der Waals surface area (Å²) < 4.78 is 4.92. The molecule has 62 valence electrons. The fourth-order valence-electron chi connectivity index (χ4n) is 1.05. The van der Waals surface area contributed by atoms with Crippen molar-refractivity contribution in [1.29, 1.82) is 0 Å². The molecule has 1 aromatic rings. The monoisotopic (exact) mass is 154 g/mol. The number of furan rings is 1. The molecule has 0 radical (unpaired) electrons. The molecule has 0 unspecified atom stereocenters. The van der Waals surface area contributed by atoms with E-state index in [-0.39, 0.29) is 0 Å². The van der Waals surface area contributed by atoms with Crippen LogP contribution in [0.3, 0.4) is 0 Å². The molecule has 0 aliphatic rings. The Bertz CT molecular complexity index is 168. The van der Waals surface area contributed by atoms with Crippen LogP contribution in [-0.4, -0.2) is 11.7 Å². The number of aliphatic hydroxyl groups excluding tert-OH is 1. The van der Waals surface area contributed by atoms with Gasteiger partial charge in [0.1, 0.15) is 0 Å². The molecule has 0 atom stereocenters. The zero-order chi connectivity index (χ0) is 7.94. The summed E-state index contributed by atoms with van der Waals surface area (Å²) in [6, 6.07) is 1.99. The Morgan fingerprint density at radius 2 is 2.18 bits per heavy atom. The van der Waals surface area contributed by atoms with Crippen LogP contribution in [0.4, 0.5) is 0 Å². The lowest BCUT2D eigenvalue weighted by molar-refractivity contribution is 0.283. The first kappa shape index (κ1) is 8.34. The average molecular weight is 154 g/mol. The van der Waals surface area contributed by atoms with E-state index in [4.69, 9.17) is 9.52 Å². The SMILES string of the molecule is OCCCCCc1ccoc1. The summed E-state index contributed by atoms with van der Waals surface area (Å²) in [6.07, 6.45) is 7.69. The first-order valence-corrected chi connectivity index (χ1v) is 4.05. The third-order valence-electron chi connectivity index (χ3n) is 1.70. The van der Waals surface area contributed by atoms with Gasteiger partial charge in [-0.25, -0.2) is 0 Å². The van der Waals surface area contributed by atoms with Crippen molar-refractivity contribution in [2.45, 2.75) is 25.7 Å². The molecule has 0 spiro atoms. The number of unbranched alkanes of at least 4 members (excludes halogenated alkanes) is 2. The molecule has 1 aromatic heterocycles. The third-order valence-corrected chi connectivity index (χ3v) is 1.70. The lowest BCUT2D eigenvalue weighted by Crippen LogP contribution is -1.85. The maximum Gasteiger partial charge on any atom is 0.0934 e. The summed E-state index contributed by atoms with van der Waals surface area (Å²) >= 11 is 0. The predicted molar refractivity (Wildman–Crippen MR) is 43.3 cm³/mol. The number of aliphatic hydroxyl groups is 1. The Kier molecular flexibility index (Phi) is 3.76. The van der Waals surface area contributed by atoms with Gasteiger partial charge in [0.15, 0.2) is 0 Å². The Morgan fingerprint density at radius 3 is 2.82 bits per heavy atom. The van der Waals surface area contributed by atoms with Crippen molar-refractivity contribution in [3.63, 3.8) is 0 Å². The molecule has 0 aliphatic carbocycles. The molecule has 1 N–H and O–H groups in total. The van der Waals surface area contributed by atoms with Crippen molar-refractivity contribution in [2.24, 2.45) is 0 Å². The second-order valence-corrected chi connectivity index (χ2v) is 2.67. The van der Waals surface area contributed by atoms with Gasteiger partial charge in [-0.15, -0.1) is 0 Å². The molecule has 0 aromatic carbocycles. The Balaban J connectivity index is 2.04. The third kappa shape index (κ3) is 3.23. The summed E-state index contributed by atoms with van der Waals surface area (Å²) in [4.78, 5) is 0. The Hall–Kier alpha value is -0.760. The smallest absolute Gasteiger partial charge is 0.0934 e. The summed E-state index contributed by atoms with van der Waals surface area (Å²) in [6.45, 7) is 0.311. The standard InChI is InChI=1S/C9H14O2/c10-6-3-1-2-4-9-5-7-11-8-9/h5,7-8,10H,1-4,6H2. The number of hydrogen-bond donors (Lipinski definition) is 1. The first-order chi connectivity index (χ1) is 5.43. The molecule has 11 heavy (non-hydrogen) atoms. The summed E-state index contributed by atoms with van der Waals surface area (Å²) in [5.74, 6) is 0. The highest BCUT2D eigenvalue weighted by Crippen LogP contribution is 2.06. The van der Waals surface area contributed by atoms with Gasteiger partial charge in [0, 0.05) is 6.61 Å². The second-order valence-electron chi connectivity index (χ2n) is 2.67. The highest BCUT2D eigenvalue weighted by Gasteiger charge is 1.93. The van der Waals surface area contributed by atoms with E-state index < -0.39 is 0 Å². The van der Waals surface area contributed by atoms with Gasteiger partial charge < -0.3 is 9.52 Å². The zero-order valence-corrected chi connectivity index (χ0v) is 6.62. The Morgan fingerprint density at radius 1 is 1.27 bits per heavy atom. The molecule has 2 heteroatoms. The maximum atomic E-state index is 8.50. The zero-order valence-electron chi connectivity index (χ0n) is 6.62. The quantitative estimate of drug-likeness (QED) is 0.658. The minimum atomic E-state index is 0.311. The molecule has 1 rings (SSSR count). The van der Waals surface area contributed by atoms with Crippen molar-refractivity contribution in [2.75, 3.05) is 6.61 Å². The molecule has 0 aliphatic heterocycles. The van der Waals surface area contributed by atoms with Crippen molar-refractivity contribution >= 4 is 0 Å². The number of rotatable bonds is 5. The van der Waals surface area contributed by atoms with E-state index >= 15 is 0 Å². The van der Waals surface area contributed by atoms with E-state index in [1.807, 2.05) is 6.07 Å². The van der Waals surface area contributed by atoms with Crippen molar-refractivity contribution in [3.05, 3.63) is 24.2 Å². The number of hydrogen-bond acceptors (Lipinski definition) is 2. The van der Waals surface area contributed by atoms with E-state index in [2.05, 4.69) is 0 Å². The molecular weight excluding hydrogens is 140 g/mol. The van der Waals surface area contributed by atoms with Crippen molar-refractivity contribution in [1.82, 2.24) is 0 Å². The van der Waals surface area contributed by atoms with Crippen LogP contribution in [0, 0.1) is 0 Å². The van der Waals surface area contributed by atoms with Crippen molar-refractivity contribution in [3.8, 4) is 0 Å². The van der Waals surface area contributed by atoms with Gasteiger partial charge in [-0.3, -0.25) is 0 Å². The average Bonchev–Trinajstić information content (AvgIpc) is 2.50. The molecule has 1 heterocycles. The van der Waals surface area contributed by atoms with Gasteiger partial charge in [-0.05, 0) is 30.9 Å². The molecular formula is C9H14O2. The van der Waals surface area contributed by atoms with Crippen LogP contribution >= 0.6 is 0 Å². The predicted octanol–water partition coefficient (Wildman–Crippen LogP) is 1.98. The van der Waals surface area contributed by atoms with Crippen LogP contribution in [0.5, 0.6) is 0 Å². The summed E-state index contributed by atoms with van der Waals surface area (Å²) in [5, 5.41) is 8.50. The van der Waals surface area contributed by atoms with Gasteiger partial charge >= 0.3 is 0 Å². The number of aryl methyl sites for hydroxylation is 1. The van der Waals surface area contributed by atoms with Gasteiger partial charge in [-0.1, -0.05) is 6.42 Å². The molecule has 2 nitrogen and oxygen atoms in total. The van der Waals surface area contributed by atoms with Crippen LogP contribution in [0.15, 0.2) is 23.0 Å². The Labute approximate surface area is 66.8 Å². The normalized spacial score (nSPS) is 10.3. The van der Waals surface area contributed by atoms with Gasteiger partial charge in [0.25, 0.3) is 0 Å². The van der Waals surface area contributed by atoms with Crippen molar-refractivity contribution < 1.29 is 9.52 Å². The van der Waals surface area contributed by atoms with E-state index in [0.29, 0.717) is 6.61 Å². The highest BCUT2D eigenvalue weighted by atomic mass is 16.3. The maximum absolute atomic E-state index is 8.50. The van der Waals surface area contributed by atoms with Crippen LogP contribution < -0.4 is 0 Å². The van der Waals surface area contributed by atoms with Crippen LogP contribution in [0.2, 0.25) is 0 Å². The van der Waals surface area contributed by atoms with Crippen LogP contribution in [0.1, 0.15) is 24.8 Å². The fourth-order valence-corrected chi connectivity index (χ4v) is 1.05. The lowest BCUT2D eigenvalue weighted by Gasteiger charge is -1.95. The van der Waals surface area contributed by atoms with Gasteiger partial charge in [-0.2, -0.15) is 0 Å². The lowest BCUT2D eigenvalue weighted by atomic mass is 10.1. The minimum Gasteiger partial charge on any atom is -0.472 e. The fraction of sp³-hybridized carbons (Fsp3) is 0.556. The van der Waals surface area contributed by atoms with Gasteiger partial charge in [0.2, 0.25) is 0 Å². The van der Waals surface area contributed by atoms with Crippen LogP contribution in [0.25, 0.3) is 0 Å². The topological polar surface area (TPSA) is 33.4 Å². The summed E-state index contributed by atoms with van der Waals surface area (Å²) in [5.41, 5.74) is 1.25. The second kappa shape index (κ2) is 4.97. The van der Waals surface area contributed by atoms with E-state index in [1.54, 1.807) is 12.5 Å². The highest BCUT2D eigenvalue weighted by molar-refractivity contribution is 5.04. The van der Waals surface area contributed by atoms with E-state index in [9.17, 15) is 0 Å². The minimum absolute atomic E-state index is 0.311. The largest absolute Gasteiger partial charge is 0.472 e. The molecule has 0 bridgehead atoms. The molecule has 0 saturated heterocycles. The van der Waals surface area contributed by atoms with Crippen LogP contribution in [-0.2, 0) is 6.42 Å². The van der Waals surface area contributed by atoms with E-state index in [0.717, 1.165) is 25.7 Å². The molecule has 0 saturated carbocycles. The first-order valence-electron chi connectivity index (χ1n) is 4.05. The summed E-state index contributed by atoms with van der Waals surface area (Å²) in [7, 11) is 0. The molecule has 0 amide bonds. The molecule has 0 fully saturated rings.